The van der Waals surface area contributed by atoms with Crippen LogP contribution in [0, 0.1) is 0 Å². The third-order valence-corrected chi connectivity index (χ3v) is 2.86. The maximum Gasteiger partial charge on any atom is 0.0920 e. The number of hydrogen-bond donors (Lipinski definition) is 0. The molecule has 0 aliphatic carbocycles. The first-order valence-corrected chi connectivity index (χ1v) is 5.84. The first-order valence-electron chi connectivity index (χ1n) is 5.84. The predicted molar refractivity (Wildman–Crippen MR) is 67.7 cm³/mol. The normalized spacial score (nSPS) is 11.6. The minimum atomic E-state index is 0.418. The lowest BCUT2D eigenvalue weighted by molar-refractivity contribution is 0.827. The second-order valence-electron chi connectivity index (χ2n) is 4.85. The fraction of sp³-hybridized carbons (Fsp3) is 0.429. The lowest BCUT2D eigenvalue weighted by Gasteiger charge is -2.10. The second kappa shape index (κ2) is 4.20. The minimum absolute atomic E-state index is 0.418. The van der Waals surface area contributed by atoms with Crippen LogP contribution in [-0.2, 0) is 0 Å². The van der Waals surface area contributed by atoms with Crippen molar-refractivity contribution in [3.05, 3.63) is 35.8 Å². The van der Waals surface area contributed by atoms with Crippen LogP contribution in [0.4, 0.5) is 0 Å². The number of pyridine rings is 2. The van der Waals surface area contributed by atoms with Gasteiger partial charge >= 0.3 is 0 Å². The average Bonchev–Trinajstić information content (AvgIpc) is 2.27. The molecule has 0 atom stereocenters. The number of rotatable bonds is 2. The Kier molecular flexibility index (Phi) is 2.90. The molecule has 0 saturated heterocycles. The summed E-state index contributed by atoms with van der Waals surface area (Å²) in [6, 6.07) is 4.26. The van der Waals surface area contributed by atoms with Crippen molar-refractivity contribution in [2.45, 2.75) is 39.5 Å². The molecule has 0 amide bonds. The van der Waals surface area contributed by atoms with E-state index < -0.39 is 0 Å². The van der Waals surface area contributed by atoms with Crippen LogP contribution in [-0.4, -0.2) is 9.97 Å². The van der Waals surface area contributed by atoms with Gasteiger partial charge in [0.15, 0.2) is 0 Å². The maximum absolute atomic E-state index is 4.56. The molecule has 0 bridgehead atoms. The van der Waals surface area contributed by atoms with Crippen molar-refractivity contribution >= 4 is 10.9 Å². The highest BCUT2D eigenvalue weighted by atomic mass is 14.8. The molecule has 2 nitrogen and oxygen atoms in total. The Bertz CT molecular complexity index is 501. The van der Waals surface area contributed by atoms with E-state index in [-0.39, 0.29) is 0 Å². The number of nitrogens with zero attached hydrogens (tertiary/aromatic N) is 2. The van der Waals surface area contributed by atoms with Crippen LogP contribution in [0.25, 0.3) is 10.9 Å². The van der Waals surface area contributed by atoms with Crippen molar-refractivity contribution in [3.8, 4) is 0 Å². The fourth-order valence-electron chi connectivity index (χ4n) is 1.84. The van der Waals surface area contributed by atoms with Crippen molar-refractivity contribution < 1.29 is 0 Å². The smallest absolute Gasteiger partial charge is 0.0920 e. The third-order valence-electron chi connectivity index (χ3n) is 2.86. The summed E-state index contributed by atoms with van der Waals surface area (Å²) >= 11 is 0. The zero-order valence-corrected chi connectivity index (χ0v) is 10.4. The first kappa shape index (κ1) is 11.1. The Morgan fingerprint density at radius 2 is 1.75 bits per heavy atom. The Balaban J connectivity index is 2.64. The summed E-state index contributed by atoms with van der Waals surface area (Å²) in [4.78, 5) is 8.98. The zero-order chi connectivity index (χ0) is 11.7. The molecule has 2 rings (SSSR count). The molecule has 2 aromatic rings. The molecule has 0 aliphatic rings. The van der Waals surface area contributed by atoms with E-state index in [4.69, 9.17) is 0 Å². The second-order valence-corrected chi connectivity index (χ2v) is 4.85. The van der Waals surface area contributed by atoms with Gasteiger partial charge in [-0.1, -0.05) is 27.7 Å². The van der Waals surface area contributed by atoms with Crippen LogP contribution in [0.2, 0.25) is 0 Å². The van der Waals surface area contributed by atoms with E-state index in [1.54, 1.807) is 0 Å². The highest BCUT2D eigenvalue weighted by molar-refractivity contribution is 5.81. The molecular weight excluding hydrogens is 196 g/mol. The molecule has 0 spiro atoms. The molecule has 2 aromatic heterocycles. The van der Waals surface area contributed by atoms with Gasteiger partial charge in [0.1, 0.15) is 0 Å². The van der Waals surface area contributed by atoms with Gasteiger partial charge in [-0.05, 0) is 29.5 Å². The highest BCUT2D eigenvalue weighted by Gasteiger charge is 2.09. The topological polar surface area (TPSA) is 25.8 Å². The lowest BCUT2D eigenvalue weighted by atomic mass is 10.0. The molecule has 0 aromatic carbocycles. The van der Waals surface area contributed by atoms with Crippen LogP contribution in [0.3, 0.4) is 0 Å². The number of hydrogen-bond acceptors (Lipinski definition) is 2. The standard InChI is InChI=1S/C14H18N2/c1-9(2)12-7-11-5-6-15-13(10(3)4)14(11)16-8-12/h5-10H,1-4H3. The van der Waals surface area contributed by atoms with Crippen molar-refractivity contribution in [2.75, 3.05) is 0 Å². The summed E-state index contributed by atoms with van der Waals surface area (Å²) in [6.07, 6.45) is 3.85. The zero-order valence-electron chi connectivity index (χ0n) is 10.4. The van der Waals surface area contributed by atoms with Gasteiger partial charge in [0, 0.05) is 17.8 Å². The van der Waals surface area contributed by atoms with Gasteiger partial charge in [-0.2, -0.15) is 0 Å². The van der Waals surface area contributed by atoms with Gasteiger partial charge in [-0.3, -0.25) is 9.97 Å². The fourth-order valence-corrected chi connectivity index (χ4v) is 1.84. The van der Waals surface area contributed by atoms with E-state index in [0.29, 0.717) is 11.8 Å². The molecule has 84 valence electrons. The Morgan fingerprint density at radius 1 is 1.00 bits per heavy atom. The molecule has 0 aliphatic heterocycles. The summed E-state index contributed by atoms with van der Waals surface area (Å²) in [6.45, 7) is 8.68. The maximum atomic E-state index is 4.56. The minimum Gasteiger partial charge on any atom is -0.259 e. The molecule has 16 heavy (non-hydrogen) atoms. The summed E-state index contributed by atoms with van der Waals surface area (Å²) in [5, 5.41) is 1.20. The van der Waals surface area contributed by atoms with Crippen LogP contribution >= 0.6 is 0 Å². The van der Waals surface area contributed by atoms with Gasteiger partial charge in [0.05, 0.1) is 11.2 Å². The van der Waals surface area contributed by atoms with E-state index in [0.717, 1.165) is 11.2 Å². The summed E-state index contributed by atoms with van der Waals surface area (Å²) in [5.41, 5.74) is 3.42. The van der Waals surface area contributed by atoms with Gasteiger partial charge < -0.3 is 0 Å². The van der Waals surface area contributed by atoms with Crippen LogP contribution in [0.5, 0.6) is 0 Å². The third kappa shape index (κ3) is 1.92. The molecular formula is C14H18N2. The quantitative estimate of drug-likeness (QED) is 0.758. The molecule has 0 radical (unpaired) electrons. The summed E-state index contributed by atoms with van der Waals surface area (Å²) in [7, 11) is 0. The molecule has 0 fully saturated rings. The molecule has 0 N–H and O–H groups in total. The molecule has 2 heterocycles. The predicted octanol–water partition coefficient (Wildman–Crippen LogP) is 3.88. The van der Waals surface area contributed by atoms with Crippen LogP contribution in [0.15, 0.2) is 24.5 Å². The van der Waals surface area contributed by atoms with Crippen molar-refractivity contribution in [2.24, 2.45) is 0 Å². The lowest BCUT2D eigenvalue weighted by Crippen LogP contribution is -1.97. The molecule has 0 unspecified atom stereocenters. The Hall–Kier alpha value is -1.44. The number of aromatic nitrogens is 2. The van der Waals surface area contributed by atoms with Gasteiger partial charge in [-0.25, -0.2) is 0 Å². The Labute approximate surface area is 96.7 Å². The highest BCUT2D eigenvalue weighted by Crippen LogP contribution is 2.24. The van der Waals surface area contributed by atoms with E-state index in [2.05, 4.69) is 43.7 Å². The molecule has 0 saturated carbocycles. The Morgan fingerprint density at radius 3 is 2.38 bits per heavy atom. The number of fused-ring (bicyclic) bond motifs is 1. The largest absolute Gasteiger partial charge is 0.259 e. The van der Waals surface area contributed by atoms with Crippen molar-refractivity contribution in [3.63, 3.8) is 0 Å². The van der Waals surface area contributed by atoms with Crippen molar-refractivity contribution in [1.29, 1.82) is 0 Å². The summed E-state index contributed by atoms with van der Waals surface area (Å²) < 4.78 is 0. The van der Waals surface area contributed by atoms with E-state index >= 15 is 0 Å². The van der Waals surface area contributed by atoms with Crippen LogP contribution in [0.1, 0.15) is 50.8 Å². The van der Waals surface area contributed by atoms with Crippen LogP contribution < -0.4 is 0 Å². The van der Waals surface area contributed by atoms with Gasteiger partial charge in [0.25, 0.3) is 0 Å². The van der Waals surface area contributed by atoms with E-state index in [9.17, 15) is 0 Å². The van der Waals surface area contributed by atoms with Gasteiger partial charge in [-0.15, -0.1) is 0 Å². The van der Waals surface area contributed by atoms with E-state index in [1.165, 1.54) is 10.9 Å². The first-order chi connectivity index (χ1) is 7.59. The van der Waals surface area contributed by atoms with Crippen molar-refractivity contribution in [1.82, 2.24) is 9.97 Å². The average molecular weight is 214 g/mol. The SMILES string of the molecule is CC(C)c1cnc2c(C(C)C)nccc2c1. The van der Waals surface area contributed by atoms with E-state index in [1.807, 2.05) is 18.5 Å². The van der Waals surface area contributed by atoms with Gasteiger partial charge in [0.2, 0.25) is 0 Å². The monoisotopic (exact) mass is 214 g/mol. The summed E-state index contributed by atoms with van der Waals surface area (Å²) in [5.74, 6) is 0.939. The molecule has 2 heteroatoms.